The summed E-state index contributed by atoms with van der Waals surface area (Å²) in [7, 11) is 0. The first-order valence-electron chi connectivity index (χ1n) is 10.6. The molecule has 0 spiro atoms. The highest BCUT2D eigenvalue weighted by Crippen LogP contribution is 2.24. The number of nitrogen functional groups attached to an aromatic ring is 1. The molecular weight excluding hydrogens is 412 g/mol. The number of carbonyl (C=O) groups is 1. The lowest BCUT2D eigenvalue weighted by molar-refractivity contribution is 0.0951. The van der Waals surface area contributed by atoms with Crippen LogP contribution in [0.3, 0.4) is 0 Å². The standard InChI is InChI=1S/C26H22N6O/c27-22-11-4-5-12-23(22)29-26-30-24-14-13-21(17-32(24)31-26)19-9-6-10-20(15-19)25(33)28-16-18-7-2-1-3-8-18/h1-15,17H,16,27H2,(H,28,33)(H,29,31). The number of nitrogens with one attached hydrogen (secondary N) is 2. The highest BCUT2D eigenvalue weighted by Gasteiger charge is 2.10. The summed E-state index contributed by atoms with van der Waals surface area (Å²) >= 11 is 0. The van der Waals surface area contributed by atoms with E-state index in [1.54, 1.807) is 4.52 Å². The molecule has 7 heteroatoms. The van der Waals surface area contributed by atoms with E-state index in [0.717, 1.165) is 22.4 Å². The van der Waals surface area contributed by atoms with Crippen molar-refractivity contribution < 1.29 is 4.79 Å². The van der Waals surface area contributed by atoms with Gasteiger partial charge in [0, 0.05) is 23.9 Å². The summed E-state index contributed by atoms with van der Waals surface area (Å²) in [6.07, 6.45) is 1.89. The molecule has 2 heterocycles. The molecule has 5 aromatic rings. The van der Waals surface area contributed by atoms with E-state index in [2.05, 4.69) is 20.7 Å². The Morgan fingerprint density at radius 1 is 0.879 bits per heavy atom. The molecule has 0 unspecified atom stereocenters. The number of amides is 1. The summed E-state index contributed by atoms with van der Waals surface area (Å²) in [5.74, 6) is 0.341. The average molecular weight is 435 g/mol. The normalized spacial score (nSPS) is 10.8. The minimum Gasteiger partial charge on any atom is -0.397 e. The molecule has 7 nitrogen and oxygen atoms in total. The fraction of sp³-hybridized carbons (Fsp3) is 0.0385. The molecule has 0 bridgehead atoms. The second-order valence-electron chi connectivity index (χ2n) is 7.62. The van der Waals surface area contributed by atoms with Crippen molar-refractivity contribution in [2.75, 3.05) is 11.1 Å². The number of aromatic nitrogens is 3. The minimum atomic E-state index is -0.116. The Morgan fingerprint density at radius 2 is 1.70 bits per heavy atom. The SMILES string of the molecule is Nc1ccccc1Nc1nc2ccc(-c3cccc(C(=O)NCc4ccccc4)c3)cn2n1. The van der Waals surface area contributed by atoms with Crippen molar-refractivity contribution in [3.63, 3.8) is 0 Å². The maximum absolute atomic E-state index is 12.7. The monoisotopic (exact) mass is 434 g/mol. The van der Waals surface area contributed by atoms with Gasteiger partial charge in [-0.25, -0.2) is 4.52 Å². The zero-order valence-corrected chi connectivity index (χ0v) is 17.8. The Balaban J connectivity index is 1.35. The van der Waals surface area contributed by atoms with Crippen LogP contribution in [0.4, 0.5) is 17.3 Å². The van der Waals surface area contributed by atoms with Gasteiger partial charge in [-0.05, 0) is 47.5 Å². The molecule has 4 N–H and O–H groups in total. The number of benzene rings is 3. The molecule has 0 aliphatic heterocycles. The number of pyridine rings is 1. The molecule has 0 aliphatic carbocycles. The van der Waals surface area contributed by atoms with Gasteiger partial charge in [0.15, 0.2) is 5.65 Å². The van der Waals surface area contributed by atoms with E-state index in [1.807, 2.05) is 97.2 Å². The number of para-hydroxylation sites is 2. The molecule has 0 radical (unpaired) electrons. The molecule has 33 heavy (non-hydrogen) atoms. The summed E-state index contributed by atoms with van der Waals surface area (Å²) < 4.78 is 1.71. The lowest BCUT2D eigenvalue weighted by Crippen LogP contribution is -2.22. The van der Waals surface area contributed by atoms with Crippen LogP contribution in [0.5, 0.6) is 0 Å². The summed E-state index contributed by atoms with van der Waals surface area (Å²) in [5, 5.41) is 10.6. The van der Waals surface area contributed by atoms with E-state index < -0.39 is 0 Å². The zero-order chi connectivity index (χ0) is 22.6. The van der Waals surface area contributed by atoms with Gasteiger partial charge in [0.2, 0.25) is 5.95 Å². The highest BCUT2D eigenvalue weighted by molar-refractivity contribution is 5.95. The van der Waals surface area contributed by atoms with Gasteiger partial charge >= 0.3 is 0 Å². The van der Waals surface area contributed by atoms with E-state index in [-0.39, 0.29) is 5.91 Å². The van der Waals surface area contributed by atoms with Crippen LogP contribution in [-0.4, -0.2) is 20.5 Å². The van der Waals surface area contributed by atoms with Crippen molar-refractivity contribution in [3.05, 3.63) is 108 Å². The molecule has 0 aliphatic rings. The second-order valence-corrected chi connectivity index (χ2v) is 7.62. The van der Waals surface area contributed by atoms with E-state index >= 15 is 0 Å². The molecule has 2 aromatic heterocycles. The van der Waals surface area contributed by atoms with E-state index in [1.165, 1.54) is 0 Å². The smallest absolute Gasteiger partial charge is 0.251 e. The van der Waals surface area contributed by atoms with Crippen molar-refractivity contribution in [1.29, 1.82) is 0 Å². The van der Waals surface area contributed by atoms with E-state index in [9.17, 15) is 4.79 Å². The highest BCUT2D eigenvalue weighted by atomic mass is 16.1. The third-order valence-corrected chi connectivity index (χ3v) is 5.29. The van der Waals surface area contributed by atoms with Crippen LogP contribution in [0, 0.1) is 0 Å². The van der Waals surface area contributed by atoms with Crippen LogP contribution < -0.4 is 16.4 Å². The van der Waals surface area contributed by atoms with Crippen LogP contribution in [0.2, 0.25) is 0 Å². The summed E-state index contributed by atoms with van der Waals surface area (Å²) in [5.41, 5.74) is 11.6. The Kier molecular flexibility index (Phi) is 5.43. The van der Waals surface area contributed by atoms with Crippen molar-refractivity contribution in [2.45, 2.75) is 6.54 Å². The molecule has 3 aromatic carbocycles. The number of nitrogens with two attached hydrogens (primary N) is 1. The van der Waals surface area contributed by atoms with Crippen LogP contribution >= 0.6 is 0 Å². The quantitative estimate of drug-likeness (QED) is 0.338. The number of hydrogen-bond acceptors (Lipinski definition) is 5. The largest absolute Gasteiger partial charge is 0.397 e. The van der Waals surface area contributed by atoms with Gasteiger partial charge in [-0.15, -0.1) is 5.10 Å². The van der Waals surface area contributed by atoms with Gasteiger partial charge in [0.05, 0.1) is 11.4 Å². The van der Waals surface area contributed by atoms with Crippen molar-refractivity contribution in [1.82, 2.24) is 19.9 Å². The minimum absolute atomic E-state index is 0.116. The lowest BCUT2D eigenvalue weighted by atomic mass is 10.0. The first-order chi connectivity index (χ1) is 16.2. The lowest BCUT2D eigenvalue weighted by Gasteiger charge is -2.08. The maximum Gasteiger partial charge on any atom is 0.251 e. The third-order valence-electron chi connectivity index (χ3n) is 5.29. The topological polar surface area (TPSA) is 97.3 Å². The van der Waals surface area contributed by atoms with Gasteiger partial charge in [-0.1, -0.05) is 54.6 Å². The van der Waals surface area contributed by atoms with Gasteiger partial charge in [0.25, 0.3) is 5.91 Å². The van der Waals surface area contributed by atoms with Crippen molar-refractivity contribution in [2.24, 2.45) is 0 Å². The van der Waals surface area contributed by atoms with Crippen molar-refractivity contribution >= 4 is 28.9 Å². The summed E-state index contributed by atoms with van der Waals surface area (Å²) in [6.45, 7) is 0.483. The van der Waals surface area contributed by atoms with E-state index in [0.29, 0.717) is 29.4 Å². The van der Waals surface area contributed by atoms with Crippen molar-refractivity contribution in [3.8, 4) is 11.1 Å². The molecule has 5 rings (SSSR count). The number of fused-ring (bicyclic) bond motifs is 1. The molecule has 0 atom stereocenters. The Labute approximate surface area is 190 Å². The van der Waals surface area contributed by atoms with Gasteiger partial charge < -0.3 is 16.4 Å². The van der Waals surface area contributed by atoms with Crippen LogP contribution in [0.1, 0.15) is 15.9 Å². The first-order valence-corrected chi connectivity index (χ1v) is 10.6. The predicted octanol–water partition coefficient (Wildman–Crippen LogP) is 4.65. The fourth-order valence-corrected chi connectivity index (χ4v) is 3.56. The molecule has 0 saturated heterocycles. The molecule has 0 fully saturated rings. The number of anilines is 3. The number of nitrogens with zero attached hydrogens (tertiary/aromatic N) is 3. The Morgan fingerprint density at radius 3 is 2.55 bits per heavy atom. The number of hydrogen-bond donors (Lipinski definition) is 3. The summed E-state index contributed by atoms with van der Waals surface area (Å²) in [4.78, 5) is 17.2. The maximum atomic E-state index is 12.7. The molecule has 1 amide bonds. The third kappa shape index (κ3) is 4.52. The predicted molar refractivity (Wildman–Crippen MR) is 130 cm³/mol. The first kappa shape index (κ1) is 20.3. The van der Waals surface area contributed by atoms with Crippen LogP contribution in [-0.2, 0) is 6.54 Å². The van der Waals surface area contributed by atoms with Crippen LogP contribution in [0.25, 0.3) is 16.8 Å². The fourth-order valence-electron chi connectivity index (χ4n) is 3.56. The van der Waals surface area contributed by atoms with Gasteiger partial charge in [-0.2, -0.15) is 4.98 Å². The Hall–Kier alpha value is -4.65. The summed E-state index contributed by atoms with van der Waals surface area (Å²) in [6, 6.07) is 28.7. The molecular formula is C26H22N6O. The molecule has 0 saturated carbocycles. The van der Waals surface area contributed by atoms with Gasteiger partial charge in [0.1, 0.15) is 0 Å². The second kappa shape index (κ2) is 8.84. The number of carbonyl (C=O) groups excluding carboxylic acids is 1. The average Bonchev–Trinajstić information content (AvgIpc) is 3.26. The Bertz CT molecular complexity index is 1430. The van der Waals surface area contributed by atoms with Gasteiger partial charge in [-0.3, -0.25) is 4.79 Å². The zero-order valence-electron chi connectivity index (χ0n) is 17.8. The number of rotatable bonds is 6. The van der Waals surface area contributed by atoms with Crippen LogP contribution in [0.15, 0.2) is 97.2 Å². The molecule has 162 valence electrons. The van der Waals surface area contributed by atoms with E-state index in [4.69, 9.17) is 5.73 Å².